The van der Waals surface area contributed by atoms with Gasteiger partial charge >= 0.3 is 0 Å². The maximum absolute atomic E-state index is 12.5. The van der Waals surface area contributed by atoms with Gasteiger partial charge in [-0.1, -0.05) is 19.0 Å². The van der Waals surface area contributed by atoms with Crippen molar-refractivity contribution < 1.29 is 19.2 Å². The molecule has 1 aromatic heterocycles. The van der Waals surface area contributed by atoms with Crippen molar-refractivity contribution in [3.05, 3.63) is 17.5 Å². The number of aliphatic hydroxyl groups is 1. The van der Waals surface area contributed by atoms with Gasteiger partial charge < -0.3 is 19.3 Å². The lowest BCUT2D eigenvalue weighted by molar-refractivity contribution is -0.174. The molecule has 0 bridgehead atoms. The lowest BCUT2D eigenvalue weighted by atomic mass is 9.82. The topological polar surface area (TPSA) is 75.8 Å². The number of piperidine rings is 1. The number of aromatic nitrogens is 1. The predicted octanol–water partition coefficient (Wildman–Crippen LogP) is 1.94. The summed E-state index contributed by atoms with van der Waals surface area (Å²) in [6.07, 6.45) is 2.62. The summed E-state index contributed by atoms with van der Waals surface area (Å²) < 4.78 is 11.1. The summed E-state index contributed by atoms with van der Waals surface area (Å²) in [4.78, 5) is 14.3. The molecule has 6 nitrogen and oxygen atoms in total. The van der Waals surface area contributed by atoms with Crippen LogP contribution in [0, 0.1) is 0 Å². The van der Waals surface area contributed by atoms with Crippen LogP contribution >= 0.6 is 0 Å². The van der Waals surface area contributed by atoms with Crippen molar-refractivity contribution in [2.45, 2.75) is 57.2 Å². The third-order valence-corrected chi connectivity index (χ3v) is 4.83. The Morgan fingerprint density at radius 2 is 2.18 bits per heavy atom. The van der Waals surface area contributed by atoms with Crippen molar-refractivity contribution >= 4 is 5.91 Å². The molecular formula is C16H24N2O4. The highest BCUT2D eigenvalue weighted by Gasteiger charge is 2.44. The Hall–Kier alpha value is -1.40. The zero-order chi connectivity index (χ0) is 15.7. The first-order valence-corrected chi connectivity index (χ1v) is 8.10. The van der Waals surface area contributed by atoms with Gasteiger partial charge in [-0.05, 0) is 25.7 Å². The molecule has 1 atom stereocenters. The van der Waals surface area contributed by atoms with E-state index in [0.717, 1.165) is 18.6 Å². The van der Waals surface area contributed by atoms with E-state index in [1.54, 1.807) is 11.0 Å². The standard InChI is InChI=1S/C16H24N2O4/c1-11(2)13-10-12(17-22-13)15(20)18-7-5-16(6-8-18)14(19)4-3-9-21-16/h10-11,14,19H,3-9H2,1-2H3/t14-/m1/s1. The van der Waals surface area contributed by atoms with Crippen LogP contribution in [0.25, 0.3) is 0 Å². The fourth-order valence-electron chi connectivity index (χ4n) is 3.30. The second kappa shape index (κ2) is 6.01. The van der Waals surface area contributed by atoms with Gasteiger partial charge in [-0.25, -0.2) is 0 Å². The van der Waals surface area contributed by atoms with Crippen LogP contribution in [0.3, 0.4) is 0 Å². The Bertz CT molecular complexity index is 532. The van der Waals surface area contributed by atoms with Crippen LogP contribution in [0.15, 0.2) is 10.6 Å². The van der Waals surface area contributed by atoms with Gasteiger partial charge in [-0.15, -0.1) is 0 Å². The molecule has 1 amide bonds. The number of ether oxygens (including phenoxy) is 1. The van der Waals surface area contributed by atoms with Gasteiger partial charge in [0, 0.05) is 31.7 Å². The maximum atomic E-state index is 12.5. The normalized spacial score (nSPS) is 24.9. The van der Waals surface area contributed by atoms with Gasteiger partial charge in [0.05, 0.1) is 11.7 Å². The smallest absolute Gasteiger partial charge is 0.276 e. The summed E-state index contributed by atoms with van der Waals surface area (Å²) in [6, 6.07) is 1.73. The van der Waals surface area contributed by atoms with Gasteiger partial charge in [-0.2, -0.15) is 0 Å². The summed E-state index contributed by atoms with van der Waals surface area (Å²) in [5, 5.41) is 14.1. The van der Waals surface area contributed by atoms with Crippen LogP contribution in [-0.4, -0.2) is 52.5 Å². The number of hydrogen-bond donors (Lipinski definition) is 1. The van der Waals surface area contributed by atoms with Gasteiger partial charge in [-0.3, -0.25) is 4.79 Å². The second-order valence-electron chi connectivity index (χ2n) is 6.63. The van der Waals surface area contributed by atoms with Crippen molar-refractivity contribution in [3.63, 3.8) is 0 Å². The van der Waals surface area contributed by atoms with E-state index in [2.05, 4.69) is 5.16 Å². The van der Waals surface area contributed by atoms with E-state index in [-0.39, 0.29) is 11.8 Å². The molecule has 2 saturated heterocycles. The molecule has 1 spiro atoms. The molecule has 0 radical (unpaired) electrons. The van der Waals surface area contributed by atoms with Gasteiger partial charge in [0.2, 0.25) is 0 Å². The molecule has 6 heteroatoms. The minimum atomic E-state index is -0.456. The minimum Gasteiger partial charge on any atom is -0.390 e. The van der Waals surface area contributed by atoms with Crippen LogP contribution in [0.2, 0.25) is 0 Å². The van der Waals surface area contributed by atoms with E-state index in [4.69, 9.17) is 9.26 Å². The van der Waals surface area contributed by atoms with Crippen LogP contribution in [0.1, 0.15) is 61.7 Å². The number of hydrogen-bond acceptors (Lipinski definition) is 5. The van der Waals surface area contributed by atoms with Gasteiger partial charge in [0.1, 0.15) is 5.76 Å². The van der Waals surface area contributed by atoms with Crippen LogP contribution < -0.4 is 0 Å². The third kappa shape index (κ3) is 2.77. The number of carbonyl (C=O) groups is 1. The highest BCUT2D eigenvalue weighted by molar-refractivity contribution is 5.92. The Labute approximate surface area is 130 Å². The van der Waals surface area contributed by atoms with Crippen LogP contribution in [0.5, 0.6) is 0 Å². The largest absolute Gasteiger partial charge is 0.390 e. The Morgan fingerprint density at radius 1 is 1.45 bits per heavy atom. The molecule has 0 aliphatic carbocycles. The fraction of sp³-hybridized carbons (Fsp3) is 0.750. The highest BCUT2D eigenvalue weighted by Crippen LogP contribution is 2.35. The van der Waals surface area contributed by atoms with E-state index < -0.39 is 11.7 Å². The van der Waals surface area contributed by atoms with Gasteiger partial charge in [0.15, 0.2) is 5.69 Å². The van der Waals surface area contributed by atoms with E-state index in [1.165, 1.54) is 0 Å². The fourth-order valence-corrected chi connectivity index (χ4v) is 3.30. The second-order valence-corrected chi connectivity index (χ2v) is 6.63. The molecule has 0 unspecified atom stereocenters. The summed E-state index contributed by atoms with van der Waals surface area (Å²) in [5.74, 6) is 0.836. The first kappa shape index (κ1) is 15.5. The molecule has 0 saturated carbocycles. The summed E-state index contributed by atoms with van der Waals surface area (Å²) in [5.41, 5.74) is -0.0909. The zero-order valence-corrected chi connectivity index (χ0v) is 13.2. The van der Waals surface area contributed by atoms with Crippen molar-refractivity contribution in [2.24, 2.45) is 0 Å². The van der Waals surface area contributed by atoms with E-state index >= 15 is 0 Å². The Balaban J connectivity index is 1.64. The molecule has 22 heavy (non-hydrogen) atoms. The van der Waals surface area contributed by atoms with Crippen molar-refractivity contribution in [1.82, 2.24) is 10.1 Å². The summed E-state index contributed by atoms with van der Waals surface area (Å²) >= 11 is 0. The lowest BCUT2D eigenvalue weighted by Crippen LogP contribution is -2.56. The van der Waals surface area contributed by atoms with Gasteiger partial charge in [0.25, 0.3) is 5.91 Å². The average molecular weight is 308 g/mol. The molecule has 1 N–H and O–H groups in total. The van der Waals surface area contributed by atoms with E-state index in [0.29, 0.717) is 38.2 Å². The number of likely N-dealkylation sites (tertiary alicyclic amines) is 1. The monoisotopic (exact) mass is 308 g/mol. The van der Waals surface area contributed by atoms with Crippen LogP contribution in [-0.2, 0) is 4.74 Å². The molecule has 3 heterocycles. The molecule has 0 aromatic carbocycles. The van der Waals surface area contributed by atoms with Crippen molar-refractivity contribution in [1.29, 1.82) is 0 Å². The lowest BCUT2D eigenvalue weighted by Gasteiger charge is -2.46. The van der Waals surface area contributed by atoms with E-state index in [1.807, 2.05) is 13.8 Å². The summed E-state index contributed by atoms with van der Waals surface area (Å²) in [6.45, 7) is 5.87. The first-order chi connectivity index (χ1) is 10.5. The van der Waals surface area contributed by atoms with Crippen LogP contribution in [0.4, 0.5) is 0 Å². The quantitative estimate of drug-likeness (QED) is 0.903. The highest BCUT2D eigenvalue weighted by atomic mass is 16.5. The average Bonchev–Trinajstić information content (AvgIpc) is 3.01. The number of rotatable bonds is 2. The zero-order valence-electron chi connectivity index (χ0n) is 13.2. The molecule has 3 rings (SSSR count). The molecule has 2 aliphatic rings. The third-order valence-electron chi connectivity index (χ3n) is 4.83. The minimum absolute atomic E-state index is 0.101. The Kier molecular flexibility index (Phi) is 4.23. The molecule has 1 aromatic rings. The maximum Gasteiger partial charge on any atom is 0.276 e. The number of nitrogens with zero attached hydrogens (tertiary/aromatic N) is 2. The molecule has 2 fully saturated rings. The SMILES string of the molecule is CC(C)c1cc(C(=O)N2CCC3(CC2)OCCC[C@H]3O)no1. The van der Waals surface area contributed by atoms with Crippen molar-refractivity contribution in [3.8, 4) is 0 Å². The number of carbonyl (C=O) groups excluding carboxylic acids is 1. The Morgan fingerprint density at radius 3 is 2.77 bits per heavy atom. The van der Waals surface area contributed by atoms with Crippen molar-refractivity contribution in [2.75, 3.05) is 19.7 Å². The summed E-state index contributed by atoms with van der Waals surface area (Å²) in [7, 11) is 0. The predicted molar refractivity (Wildman–Crippen MR) is 79.7 cm³/mol. The molecule has 122 valence electrons. The first-order valence-electron chi connectivity index (χ1n) is 8.10. The molecule has 2 aliphatic heterocycles. The number of amides is 1. The molecular weight excluding hydrogens is 284 g/mol. The van der Waals surface area contributed by atoms with E-state index in [9.17, 15) is 9.90 Å². The number of aliphatic hydroxyl groups excluding tert-OH is 1.